The van der Waals surface area contributed by atoms with Gasteiger partial charge in [0, 0.05) is 12.8 Å². The van der Waals surface area contributed by atoms with Crippen LogP contribution in [0.1, 0.15) is 174 Å². The number of phosphoric acid groups is 1. The number of esters is 2. The fourth-order valence-corrected chi connectivity index (χ4v) is 6.26. The molecular weight excluding hydrogens is 707 g/mol. The first-order valence-corrected chi connectivity index (χ1v) is 22.6. The minimum atomic E-state index is -4.62. The number of carbonyl (C=O) groups excluding carboxylic acids is 2. The van der Waals surface area contributed by atoms with E-state index in [1.54, 1.807) is 0 Å². The van der Waals surface area contributed by atoms with Gasteiger partial charge in [-0.25, -0.2) is 4.57 Å². The summed E-state index contributed by atoms with van der Waals surface area (Å²) in [6, 6.07) is 0. The van der Waals surface area contributed by atoms with Crippen molar-refractivity contribution in [1.82, 2.24) is 0 Å². The quantitative estimate of drug-likeness (QED) is 0.0238. The van der Waals surface area contributed by atoms with Crippen molar-refractivity contribution < 1.29 is 47.8 Å². The lowest BCUT2D eigenvalue weighted by atomic mass is 10.1. The highest BCUT2D eigenvalue weighted by Gasteiger charge is 2.27. The molecule has 0 fully saturated rings. The summed E-state index contributed by atoms with van der Waals surface area (Å²) in [6.45, 7) is 2.23. The minimum absolute atomic E-state index is 0.169. The van der Waals surface area contributed by atoms with E-state index in [9.17, 15) is 24.2 Å². The van der Waals surface area contributed by atoms with Crippen molar-refractivity contribution >= 4 is 19.8 Å². The molecule has 314 valence electrons. The number of rotatable bonds is 39. The Bertz CT molecular complexity index is 1040. The van der Waals surface area contributed by atoms with Crippen LogP contribution in [0.3, 0.4) is 0 Å². The average molecular weight is 785 g/mol. The standard InChI is InChI=1S/C43H77O10P/c1-3-5-7-9-11-13-15-17-19-21-23-25-27-29-31-33-35-43(47)53-41(39-52-54(48,49)51-37-40(45)36-44)38-50-42(46)34-32-30-28-26-24-22-20-18-16-14-12-10-8-6-4-2/h6,8,12,14,18-21,40-41,44-45H,3-5,7,9-11,13,15-17,22-39H2,1-2H3,(H,48,49)/b8-6-,14-12-,20-18-,21-19-/t40-,41+/m0/s1. The van der Waals surface area contributed by atoms with E-state index in [-0.39, 0.29) is 19.4 Å². The van der Waals surface area contributed by atoms with Crippen LogP contribution >= 0.6 is 7.82 Å². The van der Waals surface area contributed by atoms with Crippen molar-refractivity contribution in [3.63, 3.8) is 0 Å². The topological polar surface area (TPSA) is 149 Å². The summed E-state index contributed by atoms with van der Waals surface area (Å²) in [5, 5.41) is 18.3. The molecule has 0 aliphatic rings. The Kier molecular flexibility index (Phi) is 37.7. The maximum atomic E-state index is 12.6. The Morgan fingerprint density at radius 1 is 0.574 bits per heavy atom. The lowest BCUT2D eigenvalue weighted by Crippen LogP contribution is -2.29. The van der Waals surface area contributed by atoms with Gasteiger partial charge in [0.25, 0.3) is 0 Å². The fraction of sp³-hybridized carbons (Fsp3) is 0.767. The number of hydrogen-bond donors (Lipinski definition) is 3. The van der Waals surface area contributed by atoms with E-state index in [0.29, 0.717) is 12.8 Å². The van der Waals surface area contributed by atoms with Crippen LogP contribution in [-0.2, 0) is 32.7 Å². The zero-order valence-corrected chi connectivity index (χ0v) is 34.8. The molecule has 0 aliphatic carbocycles. The zero-order valence-electron chi connectivity index (χ0n) is 33.9. The summed E-state index contributed by atoms with van der Waals surface area (Å²) >= 11 is 0. The number of aliphatic hydroxyl groups is 2. The summed E-state index contributed by atoms with van der Waals surface area (Å²) in [6.07, 6.45) is 40.7. The van der Waals surface area contributed by atoms with Gasteiger partial charge in [-0.3, -0.25) is 18.6 Å². The lowest BCUT2D eigenvalue weighted by Gasteiger charge is -2.20. The van der Waals surface area contributed by atoms with Crippen LogP contribution in [0.15, 0.2) is 48.6 Å². The molecule has 0 bridgehead atoms. The Morgan fingerprint density at radius 2 is 1.02 bits per heavy atom. The molecule has 3 atom stereocenters. The molecule has 0 radical (unpaired) electrons. The number of aliphatic hydroxyl groups excluding tert-OH is 2. The predicted molar refractivity (Wildman–Crippen MR) is 219 cm³/mol. The first-order chi connectivity index (χ1) is 26.2. The number of unbranched alkanes of at least 4 members (excludes halogenated alkanes) is 17. The second-order valence-electron chi connectivity index (χ2n) is 14.0. The van der Waals surface area contributed by atoms with E-state index in [1.165, 1.54) is 44.9 Å². The van der Waals surface area contributed by atoms with Gasteiger partial charge < -0.3 is 24.6 Å². The zero-order chi connectivity index (χ0) is 39.8. The van der Waals surface area contributed by atoms with Gasteiger partial charge in [0.15, 0.2) is 6.10 Å². The highest BCUT2D eigenvalue weighted by molar-refractivity contribution is 7.47. The van der Waals surface area contributed by atoms with Crippen LogP contribution in [-0.4, -0.2) is 65.7 Å². The lowest BCUT2D eigenvalue weighted by molar-refractivity contribution is -0.161. The molecule has 0 aromatic carbocycles. The molecule has 0 aromatic heterocycles. The van der Waals surface area contributed by atoms with Gasteiger partial charge in [-0.05, 0) is 70.6 Å². The number of ether oxygens (including phenoxy) is 2. The Labute approximate surface area is 328 Å². The summed E-state index contributed by atoms with van der Waals surface area (Å²) < 4.78 is 32.7. The third-order valence-corrected chi connectivity index (χ3v) is 9.67. The fourth-order valence-electron chi connectivity index (χ4n) is 5.47. The van der Waals surface area contributed by atoms with Crippen LogP contribution < -0.4 is 0 Å². The van der Waals surface area contributed by atoms with Gasteiger partial charge in [0.2, 0.25) is 0 Å². The van der Waals surface area contributed by atoms with Crippen molar-refractivity contribution in [1.29, 1.82) is 0 Å². The van der Waals surface area contributed by atoms with Gasteiger partial charge in [0.1, 0.15) is 12.7 Å². The Morgan fingerprint density at radius 3 is 1.56 bits per heavy atom. The molecule has 1 unspecified atom stereocenters. The third-order valence-electron chi connectivity index (χ3n) is 8.72. The van der Waals surface area contributed by atoms with Crippen LogP contribution in [0, 0.1) is 0 Å². The van der Waals surface area contributed by atoms with E-state index in [0.717, 1.165) is 89.9 Å². The largest absolute Gasteiger partial charge is 0.472 e. The third kappa shape index (κ3) is 38.2. The van der Waals surface area contributed by atoms with Gasteiger partial charge >= 0.3 is 19.8 Å². The van der Waals surface area contributed by atoms with Crippen molar-refractivity contribution in [3.05, 3.63) is 48.6 Å². The molecule has 0 rings (SSSR count). The number of hydrogen-bond acceptors (Lipinski definition) is 9. The normalized spacial score (nSPS) is 14.4. The number of allylic oxidation sites excluding steroid dienone is 8. The molecule has 0 spiro atoms. The predicted octanol–water partition coefficient (Wildman–Crippen LogP) is 10.9. The number of phosphoric ester groups is 1. The summed E-state index contributed by atoms with van der Waals surface area (Å²) in [5.41, 5.74) is 0. The van der Waals surface area contributed by atoms with E-state index >= 15 is 0 Å². The maximum Gasteiger partial charge on any atom is 0.472 e. The van der Waals surface area contributed by atoms with Crippen LogP contribution in [0.25, 0.3) is 0 Å². The monoisotopic (exact) mass is 785 g/mol. The molecule has 0 saturated carbocycles. The van der Waals surface area contributed by atoms with Crippen molar-refractivity contribution in [2.45, 2.75) is 187 Å². The van der Waals surface area contributed by atoms with Crippen LogP contribution in [0.5, 0.6) is 0 Å². The summed E-state index contributed by atoms with van der Waals surface area (Å²) in [5.74, 6) is -0.956. The van der Waals surface area contributed by atoms with Gasteiger partial charge in [-0.2, -0.15) is 0 Å². The van der Waals surface area contributed by atoms with Crippen molar-refractivity contribution in [3.8, 4) is 0 Å². The SMILES string of the molecule is CC/C=C\C/C=C\C/C=C\CCCCCCCC(=O)OC[C@H](COP(=O)(O)OC[C@@H](O)CO)OC(=O)CCCCCCC/C=C\CCCCCCCCC. The molecule has 0 aliphatic heterocycles. The second-order valence-corrected chi connectivity index (χ2v) is 15.4. The van der Waals surface area contributed by atoms with E-state index in [1.807, 2.05) is 0 Å². The van der Waals surface area contributed by atoms with E-state index < -0.39 is 51.8 Å². The van der Waals surface area contributed by atoms with Crippen molar-refractivity contribution in [2.75, 3.05) is 26.4 Å². The van der Waals surface area contributed by atoms with Gasteiger partial charge in [-0.15, -0.1) is 0 Å². The van der Waals surface area contributed by atoms with Gasteiger partial charge in [-0.1, -0.05) is 140 Å². The molecule has 10 nitrogen and oxygen atoms in total. The smallest absolute Gasteiger partial charge is 0.462 e. The molecular formula is C43H77O10P. The summed E-state index contributed by atoms with van der Waals surface area (Å²) in [4.78, 5) is 34.9. The van der Waals surface area contributed by atoms with E-state index in [4.69, 9.17) is 19.1 Å². The molecule has 11 heteroatoms. The van der Waals surface area contributed by atoms with E-state index in [2.05, 4.69) is 67.0 Å². The Hall–Kier alpha value is -2.07. The first kappa shape index (κ1) is 51.9. The maximum absolute atomic E-state index is 12.6. The van der Waals surface area contributed by atoms with Crippen molar-refractivity contribution in [2.24, 2.45) is 0 Å². The molecule has 54 heavy (non-hydrogen) atoms. The minimum Gasteiger partial charge on any atom is -0.462 e. The first-order valence-electron chi connectivity index (χ1n) is 21.1. The molecule has 0 amide bonds. The molecule has 0 saturated heterocycles. The molecule has 3 N–H and O–H groups in total. The molecule has 0 aromatic rings. The number of carbonyl (C=O) groups is 2. The van der Waals surface area contributed by atoms with Gasteiger partial charge in [0.05, 0.1) is 19.8 Å². The Balaban J connectivity index is 4.35. The highest BCUT2D eigenvalue weighted by Crippen LogP contribution is 2.43. The van der Waals surface area contributed by atoms with Crippen LogP contribution in [0.2, 0.25) is 0 Å². The molecule has 0 heterocycles. The highest BCUT2D eigenvalue weighted by atomic mass is 31.2. The summed E-state index contributed by atoms with van der Waals surface area (Å²) in [7, 11) is -4.62. The van der Waals surface area contributed by atoms with Crippen LogP contribution in [0.4, 0.5) is 0 Å². The average Bonchev–Trinajstić information content (AvgIpc) is 3.16. The second kappa shape index (κ2) is 39.2.